The number of hydrogen-bond acceptors (Lipinski definition) is 13. The highest BCUT2D eigenvalue weighted by Gasteiger charge is 2.47. The fraction of sp³-hybridized carbons (Fsp3) is 0.707. The summed E-state index contributed by atoms with van der Waals surface area (Å²) in [6.07, 6.45) is 8.36. The van der Waals surface area contributed by atoms with Crippen LogP contribution < -0.4 is 27.4 Å². The number of nitrogens with two attached hydrogens (primary N) is 2. The Hall–Kier alpha value is -3.24. The molecule has 55 heavy (non-hydrogen) atoms. The monoisotopic (exact) mass is 767 g/mol. The molecule has 1 aromatic heterocycles. The van der Waals surface area contributed by atoms with Gasteiger partial charge in [0.2, 0.25) is 0 Å². The average molecular weight is 767 g/mol. The summed E-state index contributed by atoms with van der Waals surface area (Å²) in [5.41, 5.74) is 18.0. The van der Waals surface area contributed by atoms with E-state index in [1.54, 1.807) is 0 Å². The van der Waals surface area contributed by atoms with Crippen molar-refractivity contribution < 1.29 is 18.9 Å². The molecule has 0 saturated carbocycles. The van der Waals surface area contributed by atoms with Crippen molar-refractivity contribution in [2.24, 2.45) is 21.9 Å². The van der Waals surface area contributed by atoms with Gasteiger partial charge in [0.05, 0.1) is 91.0 Å². The van der Waals surface area contributed by atoms with Gasteiger partial charge in [0.25, 0.3) is 0 Å². The standard InChI is InChI=1S/C41H70N10O4/c1-9-13-32(33-26-29(3)48-51(33)10-2)47-37-28-35(55-21-12-15-50-18-24-53-25-19-50)38(40(37,6)30(4)42)45-31(5)46-39-34(27-36(43)41(39,7)44-8)54-20-11-14-49-16-22-52-23-17-49/h9,13,26,28,30-31,36,44-46H,10-12,14-25,27,42-43H2,1-8H3/b13-9-,47-32+/t30-,31?,36-,40-,41?/m1/s1. The topological polar surface area (TPSA) is 162 Å². The normalized spacial score (nSPS) is 26.9. The van der Waals surface area contributed by atoms with Crippen molar-refractivity contribution in [1.82, 2.24) is 35.5 Å². The van der Waals surface area contributed by atoms with Gasteiger partial charge in [-0.1, -0.05) is 6.08 Å². The average Bonchev–Trinajstić information content (AvgIpc) is 3.77. The molecule has 14 heteroatoms. The number of nitrogens with zero attached hydrogens (tertiary/aromatic N) is 5. The maximum atomic E-state index is 6.96. The Kier molecular flexibility index (Phi) is 15.4. The predicted molar refractivity (Wildman–Crippen MR) is 219 cm³/mol. The van der Waals surface area contributed by atoms with Gasteiger partial charge in [0, 0.05) is 70.4 Å². The third-order valence-electron chi connectivity index (χ3n) is 11.7. The minimum Gasteiger partial charge on any atom is -0.496 e. The van der Waals surface area contributed by atoms with Crippen molar-refractivity contribution in [2.75, 3.05) is 86.0 Å². The van der Waals surface area contributed by atoms with Crippen LogP contribution in [0.4, 0.5) is 0 Å². The molecule has 308 valence electrons. The first-order chi connectivity index (χ1) is 26.4. The first kappa shape index (κ1) is 42.9. The van der Waals surface area contributed by atoms with Crippen molar-refractivity contribution in [3.63, 3.8) is 0 Å². The molecule has 7 N–H and O–H groups in total. The Labute approximate surface area is 329 Å². The summed E-state index contributed by atoms with van der Waals surface area (Å²) < 4.78 is 26.3. The number of nitrogens with one attached hydrogen (secondary N) is 3. The van der Waals surface area contributed by atoms with Crippen molar-refractivity contribution >= 4 is 5.71 Å². The van der Waals surface area contributed by atoms with E-state index in [1.165, 1.54) is 0 Å². The van der Waals surface area contributed by atoms with Crippen LogP contribution in [0.2, 0.25) is 0 Å². The molecule has 5 rings (SSSR count). The predicted octanol–water partition coefficient (Wildman–Crippen LogP) is 2.96. The molecule has 2 saturated heterocycles. The molecule has 2 aliphatic heterocycles. The van der Waals surface area contributed by atoms with Gasteiger partial charge in [-0.2, -0.15) is 5.10 Å². The van der Waals surface area contributed by atoms with Crippen molar-refractivity contribution in [1.29, 1.82) is 0 Å². The van der Waals surface area contributed by atoms with Gasteiger partial charge in [-0.25, -0.2) is 0 Å². The van der Waals surface area contributed by atoms with Gasteiger partial charge in [0.1, 0.15) is 11.5 Å². The summed E-state index contributed by atoms with van der Waals surface area (Å²) in [5, 5.41) is 15.8. The van der Waals surface area contributed by atoms with E-state index in [9.17, 15) is 0 Å². The second kappa shape index (κ2) is 19.8. The Balaban J connectivity index is 1.41. The van der Waals surface area contributed by atoms with Crippen LogP contribution in [-0.2, 0) is 25.5 Å². The van der Waals surface area contributed by atoms with Crippen molar-refractivity contribution in [3.05, 3.63) is 64.3 Å². The smallest absolute Gasteiger partial charge is 0.141 e. The van der Waals surface area contributed by atoms with E-state index in [2.05, 4.69) is 65.6 Å². The Morgan fingerprint density at radius 2 is 1.62 bits per heavy atom. The zero-order valence-corrected chi connectivity index (χ0v) is 34.9. The number of aryl methyl sites for hydroxylation is 2. The minimum absolute atomic E-state index is 0.153. The maximum absolute atomic E-state index is 6.96. The molecule has 0 spiro atoms. The van der Waals surface area contributed by atoms with Crippen LogP contribution in [0.3, 0.4) is 0 Å². The SMILES string of the molecule is C/C=C\C(=N/C1=CC(OCCCN2CCOCC2)=C(NC(C)NC2=C(OCCCN3CCOCC3)C[C@@H](N)C2(C)NC)[C@]1(C)[C@@H](C)N)c1cc(C)nn1CC. The molecule has 1 aromatic rings. The largest absolute Gasteiger partial charge is 0.496 e. The van der Waals surface area contributed by atoms with Crippen LogP contribution in [0.25, 0.3) is 0 Å². The van der Waals surface area contributed by atoms with Crippen LogP contribution in [-0.4, -0.2) is 135 Å². The van der Waals surface area contributed by atoms with Crippen LogP contribution in [0.15, 0.2) is 57.9 Å². The van der Waals surface area contributed by atoms with Gasteiger partial charge < -0.3 is 46.4 Å². The Morgan fingerprint density at radius 1 is 1.02 bits per heavy atom. The lowest BCUT2D eigenvalue weighted by molar-refractivity contribution is 0.0342. The zero-order chi connectivity index (χ0) is 39.6. The van der Waals surface area contributed by atoms with E-state index in [0.717, 1.165) is 131 Å². The fourth-order valence-corrected chi connectivity index (χ4v) is 7.86. The van der Waals surface area contributed by atoms with Gasteiger partial charge in [-0.3, -0.25) is 19.5 Å². The minimum atomic E-state index is -0.694. The number of allylic oxidation sites excluding steroid dienone is 3. The number of likely N-dealkylation sites (N-methyl/N-ethyl adjacent to an activating group) is 1. The van der Waals surface area contributed by atoms with Crippen LogP contribution in [0.5, 0.6) is 0 Å². The first-order valence-corrected chi connectivity index (χ1v) is 20.5. The van der Waals surface area contributed by atoms with Crippen LogP contribution in [0, 0.1) is 12.3 Å². The number of aromatic nitrogens is 2. The van der Waals surface area contributed by atoms with E-state index in [-0.39, 0.29) is 18.2 Å². The summed E-state index contributed by atoms with van der Waals surface area (Å²) in [6, 6.07) is 1.63. The van der Waals surface area contributed by atoms with Crippen molar-refractivity contribution in [2.45, 2.75) is 98.1 Å². The Bertz CT molecular complexity index is 1570. The first-order valence-electron chi connectivity index (χ1n) is 20.5. The molecule has 2 unspecified atom stereocenters. The highest BCUT2D eigenvalue weighted by molar-refractivity contribution is 6.08. The highest BCUT2D eigenvalue weighted by Crippen LogP contribution is 2.46. The van der Waals surface area contributed by atoms with Gasteiger partial charge >= 0.3 is 0 Å². The summed E-state index contributed by atoms with van der Waals surface area (Å²) in [4.78, 5) is 10.2. The summed E-state index contributed by atoms with van der Waals surface area (Å²) in [6.45, 7) is 25.4. The lowest BCUT2D eigenvalue weighted by Gasteiger charge is -2.38. The summed E-state index contributed by atoms with van der Waals surface area (Å²) in [5.74, 6) is 1.65. The number of aliphatic imine (C=N–C) groups is 1. The molecule has 2 aliphatic carbocycles. The molecule has 4 aliphatic rings. The van der Waals surface area contributed by atoms with E-state index in [4.69, 9.17) is 40.5 Å². The number of hydrogen-bond donors (Lipinski definition) is 5. The third-order valence-corrected chi connectivity index (χ3v) is 11.7. The quantitative estimate of drug-likeness (QED) is 0.0752. The molecule has 3 heterocycles. The third kappa shape index (κ3) is 10.2. The van der Waals surface area contributed by atoms with Gasteiger partial charge in [-0.05, 0) is 80.5 Å². The van der Waals surface area contributed by atoms with Crippen molar-refractivity contribution in [3.8, 4) is 0 Å². The lowest BCUT2D eigenvalue weighted by atomic mass is 9.79. The van der Waals surface area contributed by atoms with E-state index in [1.807, 2.05) is 44.7 Å². The van der Waals surface area contributed by atoms with Gasteiger partial charge in [0.15, 0.2) is 0 Å². The molecule has 0 radical (unpaired) electrons. The van der Waals surface area contributed by atoms with Gasteiger partial charge in [-0.15, -0.1) is 0 Å². The fourth-order valence-electron chi connectivity index (χ4n) is 7.86. The second-order valence-electron chi connectivity index (χ2n) is 15.6. The maximum Gasteiger partial charge on any atom is 0.141 e. The molecule has 5 atom stereocenters. The molecule has 0 aromatic carbocycles. The molecule has 14 nitrogen and oxygen atoms in total. The van der Waals surface area contributed by atoms with Crippen LogP contribution >= 0.6 is 0 Å². The van der Waals surface area contributed by atoms with E-state index in [0.29, 0.717) is 19.6 Å². The number of ether oxygens (including phenoxy) is 4. The zero-order valence-electron chi connectivity index (χ0n) is 34.9. The van der Waals surface area contributed by atoms with E-state index >= 15 is 0 Å². The van der Waals surface area contributed by atoms with E-state index < -0.39 is 11.0 Å². The molecular weight excluding hydrogens is 697 g/mol. The molecular formula is C41H70N10O4. The summed E-state index contributed by atoms with van der Waals surface area (Å²) in [7, 11) is 1.96. The highest BCUT2D eigenvalue weighted by atomic mass is 16.5. The molecule has 0 amide bonds. The number of rotatable bonds is 20. The molecule has 2 fully saturated rings. The summed E-state index contributed by atoms with van der Waals surface area (Å²) >= 11 is 0. The number of morpholine rings is 2. The Morgan fingerprint density at radius 3 is 2.18 bits per heavy atom. The molecule has 0 bridgehead atoms. The second-order valence-corrected chi connectivity index (χ2v) is 15.6. The lowest BCUT2D eigenvalue weighted by Crippen LogP contribution is -2.58. The van der Waals surface area contributed by atoms with Crippen LogP contribution in [0.1, 0.15) is 72.2 Å².